The average molecular weight is 204 g/mol. The molecule has 0 fully saturated rings. The molecular formula is C11H12N2O2. The minimum atomic E-state index is -0.405. The molecule has 15 heavy (non-hydrogen) atoms. The Labute approximate surface area is 88.5 Å². The smallest absolute Gasteiger partial charge is 0.292 e. The molecule has 0 heterocycles. The number of aryl methyl sites for hydroxylation is 1. The number of hydrogen-bond donors (Lipinski definition) is 1. The van der Waals surface area contributed by atoms with Crippen LogP contribution in [-0.2, 0) is 0 Å². The van der Waals surface area contributed by atoms with Crippen molar-refractivity contribution in [3.63, 3.8) is 0 Å². The van der Waals surface area contributed by atoms with Gasteiger partial charge in [-0.1, -0.05) is 6.07 Å². The maximum atomic E-state index is 10.7. The summed E-state index contributed by atoms with van der Waals surface area (Å²) in [5.41, 5.74) is 1.58. The predicted octanol–water partition coefficient (Wildman–Crippen LogP) is 2.34. The van der Waals surface area contributed by atoms with Crippen molar-refractivity contribution in [1.29, 1.82) is 0 Å². The standard InChI is InChI=1S/C11H12N2O2/c1-3-4-7-12-10-8-9(2)5-6-11(10)13(14)15/h1,5-6,8,12H,4,7H2,2H3. The highest BCUT2D eigenvalue weighted by Crippen LogP contribution is 2.24. The van der Waals surface area contributed by atoms with Crippen LogP contribution < -0.4 is 5.32 Å². The van der Waals surface area contributed by atoms with E-state index >= 15 is 0 Å². The molecule has 4 heteroatoms. The topological polar surface area (TPSA) is 55.2 Å². The largest absolute Gasteiger partial charge is 0.379 e. The van der Waals surface area contributed by atoms with Crippen LogP contribution in [0.1, 0.15) is 12.0 Å². The fourth-order valence-electron chi connectivity index (χ4n) is 1.22. The van der Waals surface area contributed by atoms with E-state index < -0.39 is 4.92 Å². The molecule has 0 saturated carbocycles. The molecule has 0 amide bonds. The van der Waals surface area contributed by atoms with Gasteiger partial charge in [0.15, 0.2) is 0 Å². The Morgan fingerprint density at radius 1 is 1.60 bits per heavy atom. The molecule has 0 saturated heterocycles. The Morgan fingerprint density at radius 3 is 2.93 bits per heavy atom. The van der Waals surface area contributed by atoms with Gasteiger partial charge in [-0.15, -0.1) is 12.3 Å². The number of rotatable bonds is 4. The zero-order valence-corrected chi connectivity index (χ0v) is 8.49. The van der Waals surface area contributed by atoms with Crippen LogP contribution >= 0.6 is 0 Å². The minimum Gasteiger partial charge on any atom is -0.379 e. The summed E-state index contributed by atoms with van der Waals surface area (Å²) in [5.74, 6) is 2.47. The first-order valence-corrected chi connectivity index (χ1v) is 4.57. The van der Waals surface area contributed by atoms with Crippen molar-refractivity contribution in [3.05, 3.63) is 33.9 Å². The number of anilines is 1. The van der Waals surface area contributed by atoms with Crippen molar-refractivity contribution >= 4 is 11.4 Å². The summed E-state index contributed by atoms with van der Waals surface area (Å²) in [7, 11) is 0. The van der Waals surface area contributed by atoms with Crippen LogP contribution in [0.2, 0.25) is 0 Å². The predicted molar refractivity (Wildman–Crippen MR) is 59.8 cm³/mol. The first-order chi connectivity index (χ1) is 7.15. The Kier molecular flexibility index (Phi) is 3.69. The molecular weight excluding hydrogens is 192 g/mol. The average Bonchev–Trinajstić information content (AvgIpc) is 2.18. The number of terminal acetylenes is 1. The van der Waals surface area contributed by atoms with Crippen LogP contribution in [0.25, 0.3) is 0 Å². The molecule has 0 aromatic heterocycles. The van der Waals surface area contributed by atoms with Crippen molar-refractivity contribution in [3.8, 4) is 12.3 Å². The Bertz CT molecular complexity index is 408. The molecule has 0 atom stereocenters. The molecule has 0 aliphatic carbocycles. The van der Waals surface area contributed by atoms with Gasteiger partial charge in [0, 0.05) is 19.0 Å². The monoisotopic (exact) mass is 204 g/mol. The number of nitrogens with zero attached hydrogens (tertiary/aromatic N) is 1. The molecule has 1 rings (SSSR count). The van der Waals surface area contributed by atoms with E-state index in [0.717, 1.165) is 5.56 Å². The second-order valence-corrected chi connectivity index (χ2v) is 3.16. The highest BCUT2D eigenvalue weighted by atomic mass is 16.6. The van der Waals surface area contributed by atoms with Gasteiger partial charge in [-0.05, 0) is 18.6 Å². The van der Waals surface area contributed by atoms with Crippen molar-refractivity contribution in [1.82, 2.24) is 0 Å². The van der Waals surface area contributed by atoms with Crippen molar-refractivity contribution in [2.75, 3.05) is 11.9 Å². The van der Waals surface area contributed by atoms with Crippen LogP contribution in [0.15, 0.2) is 18.2 Å². The highest BCUT2D eigenvalue weighted by molar-refractivity contribution is 5.62. The van der Waals surface area contributed by atoms with E-state index in [0.29, 0.717) is 18.7 Å². The lowest BCUT2D eigenvalue weighted by molar-refractivity contribution is -0.384. The zero-order valence-electron chi connectivity index (χ0n) is 8.49. The number of nitrogens with one attached hydrogen (secondary N) is 1. The fourth-order valence-corrected chi connectivity index (χ4v) is 1.22. The molecule has 1 aromatic rings. The van der Waals surface area contributed by atoms with Crippen LogP contribution in [0.4, 0.5) is 11.4 Å². The number of nitro groups is 1. The summed E-state index contributed by atoms with van der Waals surface area (Å²) >= 11 is 0. The van der Waals surface area contributed by atoms with E-state index in [2.05, 4.69) is 11.2 Å². The van der Waals surface area contributed by atoms with Crippen molar-refractivity contribution in [2.24, 2.45) is 0 Å². The molecule has 0 spiro atoms. The summed E-state index contributed by atoms with van der Waals surface area (Å²) in [6.07, 6.45) is 5.64. The Morgan fingerprint density at radius 2 is 2.33 bits per heavy atom. The van der Waals surface area contributed by atoms with Gasteiger partial charge in [-0.3, -0.25) is 10.1 Å². The molecule has 0 aliphatic heterocycles. The SMILES string of the molecule is C#CCCNc1cc(C)ccc1[N+](=O)[O-]. The normalized spacial score (nSPS) is 9.33. The van der Waals surface area contributed by atoms with E-state index in [1.54, 1.807) is 12.1 Å². The molecule has 0 radical (unpaired) electrons. The molecule has 0 unspecified atom stereocenters. The summed E-state index contributed by atoms with van der Waals surface area (Å²) in [6, 6.07) is 4.95. The van der Waals surface area contributed by atoms with Gasteiger partial charge < -0.3 is 5.32 Å². The van der Waals surface area contributed by atoms with E-state index in [1.165, 1.54) is 6.07 Å². The third-order valence-electron chi connectivity index (χ3n) is 1.93. The molecule has 0 aliphatic rings. The molecule has 1 aromatic carbocycles. The van der Waals surface area contributed by atoms with Crippen LogP contribution in [0.3, 0.4) is 0 Å². The summed E-state index contributed by atoms with van der Waals surface area (Å²) in [5, 5.41) is 13.6. The second kappa shape index (κ2) is 5.01. The minimum absolute atomic E-state index is 0.0811. The van der Waals surface area contributed by atoms with E-state index in [1.807, 2.05) is 6.92 Å². The maximum absolute atomic E-state index is 10.7. The summed E-state index contributed by atoms with van der Waals surface area (Å²) in [6.45, 7) is 2.43. The van der Waals surface area contributed by atoms with Crippen molar-refractivity contribution in [2.45, 2.75) is 13.3 Å². The lowest BCUT2D eigenvalue weighted by Crippen LogP contribution is -2.03. The van der Waals surface area contributed by atoms with Gasteiger partial charge >= 0.3 is 0 Å². The van der Waals surface area contributed by atoms with Gasteiger partial charge in [0.2, 0.25) is 0 Å². The third-order valence-corrected chi connectivity index (χ3v) is 1.93. The maximum Gasteiger partial charge on any atom is 0.292 e. The summed E-state index contributed by atoms with van der Waals surface area (Å²) < 4.78 is 0. The third kappa shape index (κ3) is 2.99. The van der Waals surface area contributed by atoms with Gasteiger partial charge in [0.05, 0.1) is 4.92 Å². The van der Waals surface area contributed by atoms with Gasteiger partial charge in [0.25, 0.3) is 5.69 Å². The Balaban J connectivity index is 2.88. The van der Waals surface area contributed by atoms with Gasteiger partial charge in [-0.25, -0.2) is 0 Å². The van der Waals surface area contributed by atoms with E-state index in [9.17, 15) is 10.1 Å². The lowest BCUT2D eigenvalue weighted by atomic mass is 10.2. The molecule has 1 N–H and O–H groups in total. The molecule has 0 bridgehead atoms. The van der Waals surface area contributed by atoms with Crippen LogP contribution in [-0.4, -0.2) is 11.5 Å². The first kappa shape index (κ1) is 11.1. The van der Waals surface area contributed by atoms with Crippen LogP contribution in [0, 0.1) is 29.4 Å². The van der Waals surface area contributed by atoms with E-state index in [-0.39, 0.29) is 5.69 Å². The van der Waals surface area contributed by atoms with E-state index in [4.69, 9.17) is 6.42 Å². The number of hydrogen-bond acceptors (Lipinski definition) is 3. The highest BCUT2D eigenvalue weighted by Gasteiger charge is 2.12. The second-order valence-electron chi connectivity index (χ2n) is 3.16. The molecule has 4 nitrogen and oxygen atoms in total. The van der Waals surface area contributed by atoms with Crippen molar-refractivity contribution < 1.29 is 4.92 Å². The first-order valence-electron chi connectivity index (χ1n) is 4.57. The van der Waals surface area contributed by atoms with Gasteiger partial charge in [0.1, 0.15) is 5.69 Å². The van der Waals surface area contributed by atoms with Crippen LogP contribution in [0.5, 0.6) is 0 Å². The lowest BCUT2D eigenvalue weighted by Gasteiger charge is -2.05. The Hall–Kier alpha value is -2.02. The fraction of sp³-hybridized carbons (Fsp3) is 0.273. The zero-order chi connectivity index (χ0) is 11.3. The van der Waals surface area contributed by atoms with Gasteiger partial charge in [-0.2, -0.15) is 0 Å². The number of benzene rings is 1. The molecule has 78 valence electrons. The number of nitro benzene ring substituents is 1. The quantitative estimate of drug-likeness (QED) is 0.354. The summed E-state index contributed by atoms with van der Waals surface area (Å²) in [4.78, 5) is 10.3.